The smallest absolute Gasteiger partial charge is 0.380 e. The molecule has 0 spiro atoms. The number of anilines is 2. The molecule has 36 heavy (non-hydrogen) atoms. The number of pyridine rings is 1. The van der Waals surface area contributed by atoms with E-state index >= 15 is 0 Å². The molecule has 1 aliphatic rings. The summed E-state index contributed by atoms with van der Waals surface area (Å²) in [5, 5.41) is 7.90. The minimum atomic E-state index is -4.63. The third kappa shape index (κ3) is 5.17. The van der Waals surface area contributed by atoms with Gasteiger partial charge >= 0.3 is 6.18 Å². The van der Waals surface area contributed by atoms with Gasteiger partial charge in [0, 0.05) is 48.2 Å². The van der Waals surface area contributed by atoms with Crippen molar-refractivity contribution in [2.75, 3.05) is 23.7 Å². The van der Waals surface area contributed by atoms with E-state index < -0.39 is 11.9 Å². The first-order chi connectivity index (χ1) is 17.0. The van der Waals surface area contributed by atoms with E-state index in [2.05, 4.69) is 20.6 Å². The van der Waals surface area contributed by atoms with Crippen LogP contribution in [0.5, 0.6) is 0 Å². The van der Waals surface area contributed by atoms with Crippen molar-refractivity contribution >= 4 is 60.8 Å². The highest BCUT2D eigenvalue weighted by atomic mass is 35.5. The fourth-order valence-corrected chi connectivity index (χ4v) is 5.52. The summed E-state index contributed by atoms with van der Waals surface area (Å²) >= 11 is 7.41. The predicted molar refractivity (Wildman–Crippen MR) is 133 cm³/mol. The molecule has 2 aromatic heterocycles. The number of carbonyl (C=O) groups excluding carboxylic acids is 1. The van der Waals surface area contributed by atoms with Crippen LogP contribution >= 0.6 is 22.9 Å². The maximum Gasteiger partial charge on any atom is 0.433 e. The zero-order valence-electron chi connectivity index (χ0n) is 18.9. The average Bonchev–Trinajstić information content (AvgIpc) is 3.19. The number of amides is 1. The van der Waals surface area contributed by atoms with E-state index in [0.717, 1.165) is 6.07 Å². The van der Waals surface area contributed by atoms with Crippen LogP contribution in [0.3, 0.4) is 0 Å². The second-order valence-electron chi connectivity index (χ2n) is 8.69. The summed E-state index contributed by atoms with van der Waals surface area (Å²) in [6.07, 6.45) is -4.13. The Labute approximate surface area is 212 Å². The van der Waals surface area contributed by atoms with Gasteiger partial charge in [-0.1, -0.05) is 22.9 Å². The molecule has 0 saturated carbocycles. The summed E-state index contributed by atoms with van der Waals surface area (Å²) in [6.45, 7) is 2.15. The Hall–Kier alpha value is -3.18. The van der Waals surface area contributed by atoms with Gasteiger partial charge in [0.15, 0.2) is 5.13 Å². The molecule has 5 rings (SSSR count). The summed E-state index contributed by atoms with van der Waals surface area (Å²) in [7, 11) is 0. The number of benzene rings is 2. The number of aromatic nitrogens is 2. The molecule has 12 heteroatoms. The van der Waals surface area contributed by atoms with Crippen LogP contribution in [-0.2, 0) is 11.0 Å². The first-order valence-corrected chi connectivity index (χ1v) is 12.3. The molecule has 0 unspecified atom stereocenters. The molecule has 2 atom stereocenters. The molecule has 0 bridgehead atoms. The quantitative estimate of drug-likeness (QED) is 0.305. The van der Waals surface area contributed by atoms with E-state index in [1.165, 1.54) is 42.5 Å². The van der Waals surface area contributed by atoms with Crippen molar-refractivity contribution in [3.05, 3.63) is 59.0 Å². The van der Waals surface area contributed by atoms with Gasteiger partial charge in [-0.25, -0.2) is 14.4 Å². The van der Waals surface area contributed by atoms with Gasteiger partial charge in [0.05, 0.1) is 15.7 Å². The number of halogens is 5. The Kier molecular flexibility index (Phi) is 6.37. The third-order valence-electron chi connectivity index (χ3n) is 5.99. The van der Waals surface area contributed by atoms with Crippen molar-refractivity contribution in [2.24, 2.45) is 0 Å². The molecular formula is C24H20ClF4N5OS. The molecule has 1 saturated heterocycles. The number of thiazole rings is 1. The summed E-state index contributed by atoms with van der Waals surface area (Å²) in [5.41, 5.74) is 0.0276. The second kappa shape index (κ2) is 9.36. The molecule has 3 heterocycles. The fourth-order valence-electron chi connectivity index (χ4n) is 4.38. The molecule has 2 aromatic carbocycles. The van der Waals surface area contributed by atoms with Crippen LogP contribution in [0.1, 0.15) is 19.0 Å². The molecule has 2 N–H and O–H groups in total. The van der Waals surface area contributed by atoms with Crippen LogP contribution in [0.15, 0.2) is 42.5 Å². The monoisotopic (exact) mass is 537 g/mol. The predicted octanol–water partition coefficient (Wildman–Crippen LogP) is 6.17. The second-order valence-corrected chi connectivity index (χ2v) is 10.2. The largest absolute Gasteiger partial charge is 0.433 e. The Morgan fingerprint density at radius 2 is 1.78 bits per heavy atom. The van der Waals surface area contributed by atoms with Gasteiger partial charge in [-0.3, -0.25) is 4.79 Å². The number of carbonyl (C=O) groups is 1. The van der Waals surface area contributed by atoms with Gasteiger partial charge < -0.3 is 15.5 Å². The fraction of sp³-hybridized carbons (Fsp3) is 0.292. The van der Waals surface area contributed by atoms with Crippen molar-refractivity contribution in [1.29, 1.82) is 0 Å². The first kappa shape index (κ1) is 24.5. The number of rotatable bonds is 4. The number of hydrogen-bond acceptors (Lipinski definition) is 6. The van der Waals surface area contributed by atoms with Crippen LogP contribution in [0.2, 0.25) is 5.02 Å². The van der Waals surface area contributed by atoms with Gasteiger partial charge in [-0.2, -0.15) is 13.2 Å². The number of nitrogens with zero attached hydrogens (tertiary/aromatic N) is 3. The maximum absolute atomic E-state index is 13.6. The van der Waals surface area contributed by atoms with E-state index in [1.54, 1.807) is 17.0 Å². The molecule has 0 radical (unpaired) electrons. The number of piperidine rings is 1. The van der Waals surface area contributed by atoms with E-state index in [1.807, 2.05) is 0 Å². The SMILES string of the molecule is CC(=O)N1C[C@@H](Nc2nc3ccc(F)cc3s2)C[C@@H](Nc2cc(C(F)(F)F)nc3ccc(Cl)cc23)C1. The van der Waals surface area contributed by atoms with Crippen LogP contribution in [-0.4, -0.2) is 45.9 Å². The van der Waals surface area contributed by atoms with E-state index in [0.29, 0.717) is 45.3 Å². The summed E-state index contributed by atoms with van der Waals surface area (Å²) in [5.74, 6) is -0.511. The first-order valence-electron chi connectivity index (χ1n) is 11.1. The zero-order chi connectivity index (χ0) is 25.6. The number of nitrogens with one attached hydrogen (secondary N) is 2. The molecule has 0 aliphatic carbocycles. The van der Waals surface area contributed by atoms with Crippen LogP contribution < -0.4 is 10.6 Å². The lowest BCUT2D eigenvalue weighted by atomic mass is 10.00. The van der Waals surface area contributed by atoms with Crippen molar-refractivity contribution in [1.82, 2.24) is 14.9 Å². The number of fused-ring (bicyclic) bond motifs is 2. The summed E-state index contributed by atoms with van der Waals surface area (Å²) in [4.78, 5) is 22.1. The van der Waals surface area contributed by atoms with Gasteiger partial charge in [-0.15, -0.1) is 0 Å². The van der Waals surface area contributed by atoms with Gasteiger partial charge in [0.25, 0.3) is 0 Å². The third-order valence-corrected chi connectivity index (χ3v) is 7.18. The topological polar surface area (TPSA) is 70.2 Å². The molecule has 1 fully saturated rings. The van der Waals surface area contributed by atoms with Crippen molar-refractivity contribution in [3.8, 4) is 0 Å². The molecule has 4 aromatic rings. The van der Waals surface area contributed by atoms with Crippen molar-refractivity contribution < 1.29 is 22.4 Å². The molecule has 1 aliphatic heterocycles. The molecular weight excluding hydrogens is 518 g/mol. The number of alkyl halides is 3. The standard InChI is InChI=1S/C24H20ClF4N5OS/c1-12(35)34-10-15(8-16(11-34)31-23-33-19-5-3-14(26)7-21(19)36-23)30-20-9-22(24(27,28)29)32-18-4-2-13(25)6-17(18)20/h2-7,9,15-16H,8,10-11H2,1H3,(H,30,32)(H,31,33)/t15-,16+/m1/s1. The van der Waals surface area contributed by atoms with Crippen molar-refractivity contribution in [3.63, 3.8) is 0 Å². The minimum Gasteiger partial charge on any atom is -0.380 e. The van der Waals surface area contributed by atoms with Crippen LogP contribution in [0, 0.1) is 5.82 Å². The van der Waals surface area contributed by atoms with E-state index in [-0.39, 0.29) is 35.0 Å². The highest BCUT2D eigenvalue weighted by Gasteiger charge is 2.34. The lowest BCUT2D eigenvalue weighted by molar-refractivity contribution is -0.140. The lowest BCUT2D eigenvalue weighted by Crippen LogP contribution is -2.52. The van der Waals surface area contributed by atoms with Crippen LogP contribution in [0.4, 0.5) is 28.4 Å². The summed E-state index contributed by atoms with van der Waals surface area (Å²) in [6, 6.07) is 9.21. The normalized spacial score (nSPS) is 18.6. The Morgan fingerprint density at radius 1 is 1.06 bits per heavy atom. The lowest BCUT2D eigenvalue weighted by Gasteiger charge is -2.38. The highest BCUT2D eigenvalue weighted by molar-refractivity contribution is 7.22. The number of hydrogen-bond donors (Lipinski definition) is 2. The molecule has 6 nitrogen and oxygen atoms in total. The van der Waals surface area contributed by atoms with Gasteiger partial charge in [-0.05, 0) is 48.9 Å². The van der Waals surface area contributed by atoms with Crippen molar-refractivity contribution in [2.45, 2.75) is 31.6 Å². The molecule has 188 valence electrons. The Morgan fingerprint density at radius 3 is 2.50 bits per heavy atom. The summed E-state index contributed by atoms with van der Waals surface area (Å²) < 4.78 is 54.8. The van der Waals surface area contributed by atoms with Gasteiger partial charge in [0.2, 0.25) is 5.91 Å². The van der Waals surface area contributed by atoms with Gasteiger partial charge in [0.1, 0.15) is 11.5 Å². The molecule has 1 amide bonds. The maximum atomic E-state index is 13.6. The highest BCUT2D eigenvalue weighted by Crippen LogP contribution is 2.35. The average molecular weight is 538 g/mol. The van der Waals surface area contributed by atoms with E-state index in [9.17, 15) is 22.4 Å². The van der Waals surface area contributed by atoms with E-state index in [4.69, 9.17) is 11.6 Å². The zero-order valence-corrected chi connectivity index (χ0v) is 20.4. The van der Waals surface area contributed by atoms with Crippen LogP contribution in [0.25, 0.3) is 21.1 Å². The Balaban J connectivity index is 1.44. The Bertz CT molecular complexity index is 1460. The number of likely N-dealkylation sites (tertiary alicyclic amines) is 1. The minimum absolute atomic E-state index is 0.154.